The first-order valence-corrected chi connectivity index (χ1v) is 7.55. The van der Waals surface area contributed by atoms with Gasteiger partial charge in [-0.05, 0) is 31.9 Å². The second-order valence-electron chi connectivity index (χ2n) is 5.45. The van der Waals surface area contributed by atoms with E-state index in [2.05, 4.69) is 28.3 Å². The smallest absolute Gasteiger partial charge is 0.222 e. The summed E-state index contributed by atoms with van der Waals surface area (Å²) >= 11 is 0. The molecule has 1 atom stereocenters. The Morgan fingerprint density at radius 2 is 2.10 bits per heavy atom. The zero-order chi connectivity index (χ0) is 15.2. The highest BCUT2D eigenvalue weighted by Gasteiger charge is 2.12. The molecule has 0 amide bonds. The van der Waals surface area contributed by atoms with Gasteiger partial charge in [0, 0.05) is 18.0 Å². The molecule has 1 heterocycles. The summed E-state index contributed by atoms with van der Waals surface area (Å²) in [5.74, 6) is 1.03. The molecule has 2 rings (SSSR count). The van der Waals surface area contributed by atoms with E-state index in [0.29, 0.717) is 6.42 Å². The maximum atomic E-state index is 9.23. The molecule has 114 valence electrons. The quantitative estimate of drug-likeness (QED) is 0.729. The van der Waals surface area contributed by atoms with Crippen molar-refractivity contribution in [2.45, 2.75) is 45.6 Å². The Kier molecular flexibility index (Phi) is 5.33. The van der Waals surface area contributed by atoms with Crippen molar-refractivity contribution in [3.63, 3.8) is 0 Å². The van der Waals surface area contributed by atoms with E-state index in [1.807, 2.05) is 19.1 Å². The van der Waals surface area contributed by atoms with Gasteiger partial charge in [0.15, 0.2) is 0 Å². The van der Waals surface area contributed by atoms with Crippen molar-refractivity contribution in [1.82, 2.24) is 9.97 Å². The van der Waals surface area contributed by atoms with Crippen molar-refractivity contribution < 1.29 is 5.11 Å². The standard InChI is InChI=1S/C16H24N4O/c1-3-4-5-12(8-9-21)18-15-13-10-11(2)6-7-14(13)19-16(17)20-15/h6-7,10,12,21H,3-5,8-9H2,1-2H3,(H3,17,18,19,20)/t12-/m0/s1. The number of fused-ring (bicyclic) bond motifs is 1. The van der Waals surface area contributed by atoms with Gasteiger partial charge in [-0.3, -0.25) is 0 Å². The summed E-state index contributed by atoms with van der Waals surface area (Å²) in [6, 6.07) is 6.24. The average molecular weight is 288 g/mol. The van der Waals surface area contributed by atoms with Crippen molar-refractivity contribution in [1.29, 1.82) is 0 Å². The van der Waals surface area contributed by atoms with Crippen LogP contribution in [0.25, 0.3) is 10.9 Å². The number of unbranched alkanes of at least 4 members (excludes halogenated alkanes) is 1. The van der Waals surface area contributed by atoms with Gasteiger partial charge < -0.3 is 16.2 Å². The Hall–Kier alpha value is -1.88. The summed E-state index contributed by atoms with van der Waals surface area (Å²) in [7, 11) is 0. The number of hydrogen-bond donors (Lipinski definition) is 3. The number of aromatic nitrogens is 2. The molecule has 0 saturated heterocycles. The predicted octanol–water partition coefficient (Wildman–Crippen LogP) is 2.87. The number of benzene rings is 1. The summed E-state index contributed by atoms with van der Waals surface area (Å²) < 4.78 is 0. The van der Waals surface area contributed by atoms with Gasteiger partial charge in [0.1, 0.15) is 5.82 Å². The molecule has 0 fully saturated rings. The molecule has 2 aromatic rings. The fourth-order valence-electron chi connectivity index (χ4n) is 2.46. The number of nitrogens with zero attached hydrogens (tertiary/aromatic N) is 2. The molecule has 0 aliphatic heterocycles. The summed E-state index contributed by atoms with van der Waals surface area (Å²) in [5, 5.41) is 13.6. The van der Waals surface area contributed by atoms with E-state index in [1.54, 1.807) is 0 Å². The molecule has 0 saturated carbocycles. The first-order chi connectivity index (χ1) is 10.1. The lowest BCUT2D eigenvalue weighted by Crippen LogP contribution is -2.22. The van der Waals surface area contributed by atoms with E-state index in [-0.39, 0.29) is 18.6 Å². The zero-order valence-electron chi connectivity index (χ0n) is 12.8. The fourth-order valence-corrected chi connectivity index (χ4v) is 2.46. The van der Waals surface area contributed by atoms with E-state index in [4.69, 9.17) is 5.73 Å². The highest BCUT2D eigenvalue weighted by Crippen LogP contribution is 2.24. The zero-order valence-corrected chi connectivity index (χ0v) is 12.8. The fraction of sp³-hybridized carbons (Fsp3) is 0.500. The second kappa shape index (κ2) is 7.22. The first-order valence-electron chi connectivity index (χ1n) is 7.55. The lowest BCUT2D eigenvalue weighted by atomic mass is 10.1. The number of nitrogens with one attached hydrogen (secondary N) is 1. The van der Waals surface area contributed by atoms with E-state index in [9.17, 15) is 5.11 Å². The number of rotatable bonds is 7. The van der Waals surface area contributed by atoms with Crippen LogP contribution in [0, 0.1) is 6.92 Å². The van der Waals surface area contributed by atoms with E-state index in [0.717, 1.165) is 41.5 Å². The van der Waals surface area contributed by atoms with Gasteiger partial charge >= 0.3 is 0 Å². The number of nitrogens with two attached hydrogens (primary N) is 1. The van der Waals surface area contributed by atoms with Gasteiger partial charge in [0.05, 0.1) is 5.52 Å². The number of nitrogen functional groups attached to an aromatic ring is 1. The molecule has 1 aromatic heterocycles. The minimum absolute atomic E-state index is 0.166. The molecule has 0 radical (unpaired) electrons. The first kappa shape index (κ1) is 15.5. The molecule has 21 heavy (non-hydrogen) atoms. The van der Waals surface area contributed by atoms with Crippen molar-refractivity contribution in [3.8, 4) is 0 Å². The van der Waals surface area contributed by atoms with Crippen LogP contribution in [-0.2, 0) is 0 Å². The van der Waals surface area contributed by atoms with Crippen LogP contribution in [0.5, 0.6) is 0 Å². The third kappa shape index (κ3) is 4.04. The Morgan fingerprint density at radius 3 is 2.81 bits per heavy atom. The average Bonchev–Trinajstić information content (AvgIpc) is 2.45. The topological polar surface area (TPSA) is 84.1 Å². The molecule has 0 aliphatic carbocycles. The molecule has 1 aromatic carbocycles. The van der Waals surface area contributed by atoms with Crippen LogP contribution in [0.4, 0.5) is 11.8 Å². The highest BCUT2D eigenvalue weighted by atomic mass is 16.3. The van der Waals surface area contributed by atoms with Crippen LogP contribution in [0.3, 0.4) is 0 Å². The molecule has 0 spiro atoms. The largest absolute Gasteiger partial charge is 0.396 e. The Morgan fingerprint density at radius 1 is 1.29 bits per heavy atom. The van der Waals surface area contributed by atoms with Gasteiger partial charge in [0.2, 0.25) is 5.95 Å². The van der Waals surface area contributed by atoms with Crippen LogP contribution in [0.1, 0.15) is 38.2 Å². The van der Waals surface area contributed by atoms with Crippen LogP contribution >= 0.6 is 0 Å². The van der Waals surface area contributed by atoms with Crippen LogP contribution in [0.2, 0.25) is 0 Å². The van der Waals surface area contributed by atoms with Gasteiger partial charge in [-0.1, -0.05) is 31.4 Å². The molecule has 0 bridgehead atoms. The number of aryl methyl sites for hydroxylation is 1. The molecular formula is C16H24N4O. The summed E-state index contributed by atoms with van der Waals surface area (Å²) in [4.78, 5) is 8.62. The Balaban J connectivity index is 2.32. The normalized spacial score (nSPS) is 12.5. The monoisotopic (exact) mass is 288 g/mol. The van der Waals surface area contributed by atoms with Crippen molar-refractivity contribution >= 4 is 22.7 Å². The van der Waals surface area contributed by atoms with Gasteiger partial charge in [-0.15, -0.1) is 0 Å². The molecule has 5 heteroatoms. The van der Waals surface area contributed by atoms with Gasteiger partial charge in [0.25, 0.3) is 0 Å². The molecule has 0 unspecified atom stereocenters. The summed E-state index contributed by atoms with van der Waals surface area (Å²) in [5.41, 5.74) is 7.80. The minimum Gasteiger partial charge on any atom is -0.396 e. The number of hydrogen-bond acceptors (Lipinski definition) is 5. The second-order valence-corrected chi connectivity index (χ2v) is 5.45. The SMILES string of the molecule is CCCC[C@@H](CCO)Nc1nc(N)nc2ccc(C)cc12. The maximum Gasteiger partial charge on any atom is 0.222 e. The third-order valence-corrected chi connectivity index (χ3v) is 3.59. The van der Waals surface area contributed by atoms with Crippen LogP contribution < -0.4 is 11.1 Å². The highest BCUT2D eigenvalue weighted by molar-refractivity contribution is 5.90. The lowest BCUT2D eigenvalue weighted by Gasteiger charge is -2.19. The Bertz CT molecular complexity index is 600. The van der Waals surface area contributed by atoms with E-state index < -0.39 is 0 Å². The number of aliphatic hydroxyl groups is 1. The van der Waals surface area contributed by atoms with E-state index in [1.165, 1.54) is 0 Å². The Labute approximate surface area is 125 Å². The molecule has 5 nitrogen and oxygen atoms in total. The van der Waals surface area contributed by atoms with E-state index >= 15 is 0 Å². The minimum atomic E-state index is 0.166. The third-order valence-electron chi connectivity index (χ3n) is 3.59. The van der Waals surface area contributed by atoms with Crippen LogP contribution in [0.15, 0.2) is 18.2 Å². The number of aliphatic hydroxyl groups excluding tert-OH is 1. The molecule has 4 N–H and O–H groups in total. The van der Waals surface area contributed by atoms with Crippen LogP contribution in [-0.4, -0.2) is 27.7 Å². The lowest BCUT2D eigenvalue weighted by molar-refractivity contribution is 0.276. The molecule has 0 aliphatic rings. The predicted molar refractivity (Wildman–Crippen MR) is 87.3 cm³/mol. The maximum absolute atomic E-state index is 9.23. The number of anilines is 2. The molecular weight excluding hydrogens is 264 g/mol. The van der Waals surface area contributed by atoms with Crippen molar-refractivity contribution in [2.75, 3.05) is 17.7 Å². The van der Waals surface area contributed by atoms with Gasteiger partial charge in [-0.25, -0.2) is 4.98 Å². The van der Waals surface area contributed by atoms with Crippen molar-refractivity contribution in [3.05, 3.63) is 23.8 Å². The summed E-state index contributed by atoms with van der Waals surface area (Å²) in [6.45, 7) is 4.37. The summed E-state index contributed by atoms with van der Waals surface area (Å²) in [6.07, 6.45) is 3.97. The van der Waals surface area contributed by atoms with Crippen molar-refractivity contribution in [2.24, 2.45) is 0 Å². The van der Waals surface area contributed by atoms with Gasteiger partial charge in [-0.2, -0.15) is 4.98 Å².